The molecule has 8 heteroatoms. The maximum Gasteiger partial charge on any atom is 0.256 e. The smallest absolute Gasteiger partial charge is 0.256 e. The largest absolute Gasteiger partial charge is 0.368 e. The Labute approximate surface area is 152 Å². The third-order valence-electron chi connectivity index (χ3n) is 5.31. The Hall–Kier alpha value is -2.22. The summed E-state index contributed by atoms with van der Waals surface area (Å²) >= 11 is 0. The minimum Gasteiger partial charge on any atom is -0.368 e. The zero-order valence-electron chi connectivity index (χ0n) is 15.7. The molecule has 142 valence electrons. The fourth-order valence-corrected chi connectivity index (χ4v) is 3.46. The van der Waals surface area contributed by atoms with Gasteiger partial charge in [0.15, 0.2) is 0 Å². The first-order chi connectivity index (χ1) is 12.4. The highest BCUT2D eigenvalue weighted by Gasteiger charge is 2.31. The molecule has 0 aromatic carbocycles. The molecule has 3 heterocycles. The lowest BCUT2D eigenvalue weighted by atomic mass is 10.1. The molecule has 26 heavy (non-hydrogen) atoms. The first-order valence-corrected chi connectivity index (χ1v) is 9.09. The highest BCUT2D eigenvalue weighted by Crippen LogP contribution is 2.16. The van der Waals surface area contributed by atoms with Crippen molar-refractivity contribution in [1.29, 1.82) is 0 Å². The molecule has 2 amide bonds. The number of aromatic nitrogens is 2. The molecule has 1 unspecified atom stereocenters. The van der Waals surface area contributed by atoms with E-state index in [1.807, 2.05) is 0 Å². The number of rotatable bonds is 3. The lowest BCUT2D eigenvalue weighted by Crippen LogP contribution is -2.53. The van der Waals surface area contributed by atoms with Gasteiger partial charge in [-0.1, -0.05) is 0 Å². The Morgan fingerprint density at radius 3 is 2.42 bits per heavy atom. The van der Waals surface area contributed by atoms with Gasteiger partial charge in [0.25, 0.3) is 11.5 Å². The van der Waals surface area contributed by atoms with Crippen molar-refractivity contribution in [2.24, 2.45) is 7.05 Å². The molecular formula is C18H26N4O4. The summed E-state index contributed by atoms with van der Waals surface area (Å²) in [6.07, 6.45) is 1.51. The third kappa shape index (κ3) is 3.65. The molecule has 2 aliphatic rings. The molecule has 0 radical (unpaired) electrons. The Bertz CT molecular complexity index is 759. The van der Waals surface area contributed by atoms with Crippen LogP contribution in [0.3, 0.4) is 0 Å². The molecule has 0 N–H and O–H groups in total. The normalized spacial score (nSPS) is 20.5. The average Bonchev–Trinajstić information content (AvgIpc) is 3.18. The molecule has 2 saturated heterocycles. The Balaban J connectivity index is 1.59. The van der Waals surface area contributed by atoms with Crippen LogP contribution in [0.4, 0.5) is 0 Å². The highest BCUT2D eigenvalue weighted by atomic mass is 16.5. The third-order valence-corrected chi connectivity index (χ3v) is 5.31. The van der Waals surface area contributed by atoms with Gasteiger partial charge in [-0.3, -0.25) is 19.0 Å². The summed E-state index contributed by atoms with van der Waals surface area (Å²) in [4.78, 5) is 45.1. The molecular weight excluding hydrogens is 336 g/mol. The number of hydrogen-bond acceptors (Lipinski definition) is 5. The van der Waals surface area contributed by atoms with E-state index in [0.717, 1.165) is 12.8 Å². The van der Waals surface area contributed by atoms with Crippen LogP contribution in [-0.4, -0.2) is 70.1 Å². The molecule has 1 aromatic heterocycles. The van der Waals surface area contributed by atoms with Crippen LogP contribution in [0.15, 0.2) is 4.79 Å². The molecule has 0 spiro atoms. The predicted octanol–water partition coefficient (Wildman–Crippen LogP) is -0.211. The second-order valence-corrected chi connectivity index (χ2v) is 6.98. The number of carbonyl (C=O) groups excluding carboxylic acids is 2. The van der Waals surface area contributed by atoms with E-state index < -0.39 is 0 Å². The van der Waals surface area contributed by atoms with Crippen molar-refractivity contribution < 1.29 is 14.3 Å². The summed E-state index contributed by atoms with van der Waals surface area (Å²) in [7, 11) is 1.67. The SMILES string of the molecule is Cc1c(CC(=O)N2CCN(C(=O)C3CCCO3)CC2)nc(C)n(C)c1=O. The topological polar surface area (TPSA) is 84.7 Å². The number of ether oxygens (including phenoxy) is 1. The highest BCUT2D eigenvalue weighted by molar-refractivity contribution is 5.82. The summed E-state index contributed by atoms with van der Waals surface area (Å²) in [6.45, 7) is 6.15. The van der Waals surface area contributed by atoms with Crippen LogP contribution in [0.5, 0.6) is 0 Å². The van der Waals surface area contributed by atoms with Gasteiger partial charge < -0.3 is 14.5 Å². The van der Waals surface area contributed by atoms with Gasteiger partial charge in [0.1, 0.15) is 11.9 Å². The summed E-state index contributed by atoms with van der Waals surface area (Å²) in [6, 6.07) is 0. The first-order valence-electron chi connectivity index (χ1n) is 9.09. The van der Waals surface area contributed by atoms with Gasteiger partial charge in [-0.2, -0.15) is 0 Å². The van der Waals surface area contributed by atoms with Crippen LogP contribution in [0.25, 0.3) is 0 Å². The molecule has 2 aliphatic heterocycles. The quantitative estimate of drug-likeness (QED) is 0.743. The van der Waals surface area contributed by atoms with E-state index in [2.05, 4.69) is 4.98 Å². The van der Waals surface area contributed by atoms with Crippen molar-refractivity contribution in [3.63, 3.8) is 0 Å². The second-order valence-electron chi connectivity index (χ2n) is 6.98. The zero-order valence-corrected chi connectivity index (χ0v) is 15.7. The standard InChI is InChI=1S/C18H26N4O4/c1-12-14(19-13(2)20(3)17(12)24)11-16(23)21-6-8-22(9-7-21)18(25)15-5-4-10-26-15/h15H,4-11H2,1-3H3. The van der Waals surface area contributed by atoms with Crippen LogP contribution < -0.4 is 5.56 Å². The van der Waals surface area contributed by atoms with Gasteiger partial charge in [0.05, 0.1) is 12.1 Å². The molecule has 0 saturated carbocycles. The van der Waals surface area contributed by atoms with E-state index in [4.69, 9.17) is 4.74 Å². The maximum atomic E-state index is 12.6. The van der Waals surface area contributed by atoms with Crippen LogP contribution in [0.1, 0.15) is 29.9 Å². The van der Waals surface area contributed by atoms with Crippen molar-refractivity contribution >= 4 is 11.8 Å². The van der Waals surface area contributed by atoms with Crippen LogP contribution in [0.2, 0.25) is 0 Å². The lowest BCUT2D eigenvalue weighted by Gasteiger charge is -2.35. The van der Waals surface area contributed by atoms with Crippen molar-refractivity contribution in [2.75, 3.05) is 32.8 Å². The van der Waals surface area contributed by atoms with Crippen molar-refractivity contribution in [1.82, 2.24) is 19.4 Å². The van der Waals surface area contributed by atoms with E-state index in [0.29, 0.717) is 49.9 Å². The lowest BCUT2D eigenvalue weighted by molar-refractivity contribution is -0.145. The first kappa shape index (κ1) is 18.6. The van der Waals surface area contributed by atoms with E-state index in [1.165, 1.54) is 4.57 Å². The van der Waals surface area contributed by atoms with Gasteiger partial charge in [-0.15, -0.1) is 0 Å². The van der Waals surface area contributed by atoms with Crippen molar-refractivity contribution in [2.45, 2.75) is 39.2 Å². The molecule has 1 aromatic rings. The Kier molecular flexibility index (Phi) is 5.41. The van der Waals surface area contributed by atoms with E-state index in [1.54, 1.807) is 30.7 Å². The predicted molar refractivity (Wildman–Crippen MR) is 94.8 cm³/mol. The molecule has 8 nitrogen and oxygen atoms in total. The fourth-order valence-electron chi connectivity index (χ4n) is 3.46. The second kappa shape index (κ2) is 7.57. The van der Waals surface area contributed by atoms with Crippen LogP contribution in [0, 0.1) is 13.8 Å². The number of amides is 2. The zero-order chi connectivity index (χ0) is 18.8. The van der Waals surface area contributed by atoms with Gasteiger partial charge in [-0.05, 0) is 26.7 Å². The number of carbonyl (C=O) groups is 2. The van der Waals surface area contributed by atoms with E-state index >= 15 is 0 Å². The van der Waals surface area contributed by atoms with Gasteiger partial charge in [0, 0.05) is 45.4 Å². The molecule has 1 atom stereocenters. The summed E-state index contributed by atoms with van der Waals surface area (Å²) < 4.78 is 6.94. The van der Waals surface area contributed by atoms with E-state index in [-0.39, 0.29) is 29.9 Å². The van der Waals surface area contributed by atoms with Gasteiger partial charge in [0.2, 0.25) is 5.91 Å². The summed E-state index contributed by atoms with van der Waals surface area (Å²) in [5, 5.41) is 0. The van der Waals surface area contributed by atoms with Crippen LogP contribution >= 0.6 is 0 Å². The van der Waals surface area contributed by atoms with Crippen molar-refractivity contribution in [3.05, 3.63) is 27.4 Å². The number of nitrogens with zero attached hydrogens (tertiary/aromatic N) is 4. The van der Waals surface area contributed by atoms with Gasteiger partial charge in [-0.25, -0.2) is 4.98 Å². The average molecular weight is 362 g/mol. The minimum absolute atomic E-state index is 0.0364. The van der Waals surface area contributed by atoms with Crippen molar-refractivity contribution in [3.8, 4) is 0 Å². The summed E-state index contributed by atoms with van der Waals surface area (Å²) in [5.74, 6) is 0.571. The minimum atomic E-state index is -0.312. The number of hydrogen-bond donors (Lipinski definition) is 0. The number of piperazine rings is 1. The molecule has 3 rings (SSSR count). The molecule has 0 bridgehead atoms. The molecule has 2 fully saturated rings. The monoisotopic (exact) mass is 362 g/mol. The van der Waals surface area contributed by atoms with Gasteiger partial charge >= 0.3 is 0 Å². The molecule has 0 aliphatic carbocycles. The van der Waals surface area contributed by atoms with E-state index in [9.17, 15) is 14.4 Å². The number of aryl methyl sites for hydroxylation is 1. The maximum absolute atomic E-state index is 12.6. The van der Waals surface area contributed by atoms with Crippen LogP contribution in [-0.2, 0) is 27.8 Å². The Morgan fingerprint density at radius 2 is 1.81 bits per heavy atom. The fraction of sp³-hybridized carbons (Fsp3) is 0.667. The summed E-state index contributed by atoms with van der Waals surface area (Å²) in [5.41, 5.74) is 0.930. The Morgan fingerprint density at radius 1 is 1.15 bits per heavy atom.